The Balaban J connectivity index is 2.84. The first-order chi connectivity index (χ1) is 7.57. The van der Waals surface area contributed by atoms with Gasteiger partial charge in [0.25, 0.3) is 5.56 Å². The highest BCUT2D eigenvalue weighted by Crippen LogP contribution is 2.01. The minimum atomic E-state index is -0.237. The first-order valence-corrected chi connectivity index (χ1v) is 6.53. The molecule has 0 unspecified atom stereocenters. The fourth-order valence-corrected chi connectivity index (χ4v) is 1.99. The molecular weight excluding hydrogens is 272 g/mol. The molecule has 4 nitrogen and oxygen atoms in total. The number of hydrogen-bond donors (Lipinski definition) is 0. The van der Waals surface area contributed by atoms with Crippen molar-refractivity contribution in [3.05, 3.63) is 32.6 Å². The highest BCUT2D eigenvalue weighted by atomic mass is 79.9. The Morgan fingerprint density at radius 2 is 1.94 bits per heavy atom. The Morgan fingerprint density at radius 1 is 1.25 bits per heavy atom. The summed E-state index contributed by atoms with van der Waals surface area (Å²) < 4.78 is 2.81. The van der Waals surface area contributed by atoms with Crippen molar-refractivity contribution in [1.82, 2.24) is 9.13 Å². The van der Waals surface area contributed by atoms with Crippen LogP contribution in [0.3, 0.4) is 0 Å². The zero-order chi connectivity index (χ0) is 12.1. The number of halogens is 1. The summed E-state index contributed by atoms with van der Waals surface area (Å²) in [5.74, 6) is 0. The quantitative estimate of drug-likeness (QED) is 0.608. The van der Waals surface area contributed by atoms with Crippen LogP contribution in [0.25, 0.3) is 0 Å². The summed E-state index contributed by atoms with van der Waals surface area (Å²) in [6.45, 7) is 2.49. The van der Waals surface area contributed by atoms with Crippen LogP contribution in [0.2, 0.25) is 0 Å². The second-order valence-corrected chi connectivity index (χ2v) is 4.66. The summed E-state index contributed by atoms with van der Waals surface area (Å²) in [6.07, 6.45) is 3.16. The normalized spacial score (nSPS) is 10.7. The summed E-state index contributed by atoms with van der Waals surface area (Å²) in [7, 11) is 1.51. The van der Waals surface area contributed by atoms with E-state index in [1.54, 1.807) is 11.5 Å². The van der Waals surface area contributed by atoms with Gasteiger partial charge in [-0.2, -0.15) is 0 Å². The molecule has 1 aromatic rings. The number of unbranched alkanes of at least 4 members (excludes halogenated alkanes) is 2. The number of hydrogen-bond acceptors (Lipinski definition) is 2. The molecule has 0 N–H and O–H groups in total. The lowest BCUT2D eigenvalue weighted by molar-refractivity contribution is 0.540. The zero-order valence-corrected chi connectivity index (χ0v) is 11.3. The van der Waals surface area contributed by atoms with Crippen LogP contribution in [0.1, 0.15) is 25.0 Å². The van der Waals surface area contributed by atoms with Crippen molar-refractivity contribution < 1.29 is 0 Å². The maximum absolute atomic E-state index is 11.8. The van der Waals surface area contributed by atoms with E-state index in [9.17, 15) is 9.59 Å². The molecule has 0 aliphatic carbocycles. The summed E-state index contributed by atoms with van der Waals surface area (Å²) in [6, 6.07) is 1.51. The van der Waals surface area contributed by atoms with E-state index in [0.29, 0.717) is 6.54 Å². The first-order valence-electron chi connectivity index (χ1n) is 5.41. The van der Waals surface area contributed by atoms with Crippen LogP contribution < -0.4 is 11.2 Å². The molecule has 0 aliphatic rings. The van der Waals surface area contributed by atoms with Gasteiger partial charge in [0.2, 0.25) is 0 Å². The number of aromatic nitrogens is 2. The summed E-state index contributed by atoms with van der Waals surface area (Å²) >= 11 is 3.37. The topological polar surface area (TPSA) is 44.0 Å². The summed E-state index contributed by atoms with van der Waals surface area (Å²) in [5.41, 5.74) is 0.287. The molecule has 0 amide bonds. The first kappa shape index (κ1) is 13.2. The van der Waals surface area contributed by atoms with Crippen LogP contribution in [0.15, 0.2) is 15.7 Å². The zero-order valence-electron chi connectivity index (χ0n) is 9.70. The molecular formula is C11H17BrN2O2. The van der Waals surface area contributed by atoms with Crippen LogP contribution in [-0.4, -0.2) is 14.5 Å². The molecule has 1 heterocycles. The summed E-state index contributed by atoms with van der Waals surface area (Å²) in [5, 5.41) is 0.994. The van der Waals surface area contributed by atoms with Crippen LogP contribution in [0, 0.1) is 6.92 Å². The lowest BCUT2D eigenvalue weighted by Crippen LogP contribution is -2.38. The Labute approximate surface area is 103 Å². The molecule has 0 bridgehead atoms. The number of nitrogens with zero attached hydrogens (tertiary/aromatic N) is 2. The minimum Gasteiger partial charge on any atom is -0.298 e. The molecule has 0 aromatic carbocycles. The van der Waals surface area contributed by atoms with Gasteiger partial charge in [0.1, 0.15) is 0 Å². The van der Waals surface area contributed by atoms with Gasteiger partial charge < -0.3 is 0 Å². The third kappa shape index (κ3) is 3.07. The fourth-order valence-electron chi connectivity index (χ4n) is 1.59. The van der Waals surface area contributed by atoms with Crippen LogP contribution in [-0.2, 0) is 13.6 Å². The van der Waals surface area contributed by atoms with Gasteiger partial charge in [-0.15, -0.1) is 0 Å². The molecule has 0 saturated heterocycles. The maximum Gasteiger partial charge on any atom is 0.330 e. The Hall–Kier alpha value is -0.840. The van der Waals surface area contributed by atoms with Crippen molar-refractivity contribution in [3.63, 3.8) is 0 Å². The highest BCUT2D eigenvalue weighted by molar-refractivity contribution is 9.09. The van der Waals surface area contributed by atoms with E-state index in [0.717, 1.165) is 34.9 Å². The van der Waals surface area contributed by atoms with Crippen molar-refractivity contribution in [2.24, 2.45) is 7.05 Å². The van der Waals surface area contributed by atoms with E-state index < -0.39 is 0 Å². The number of alkyl halides is 1. The summed E-state index contributed by atoms with van der Waals surface area (Å²) in [4.78, 5) is 23.1. The molecule has 0 saturated carbocycles. The van der Waals surface area contributed by atoms with Gasteiger partial charge >= 0.3 is 5.69 Å². The van der Waals surface area contributed by atoms with Crippen molar-refractivity contribution >= 4 is 15.9 Å². The second kappa shape index (κ2) is 6.03. The molecule has 0 aliphatic heterocycles. The van der Waals surface area contributed by atoms with Gasteiger partial charge in [-0.05, 0) is 19.8 Å². The molecule has 0 spiro atoms. The van der Waals surface area contributed by atoms with Gasteiger partial charge in [0, 0.05) is 30.7 Å². The number of rotatable bonds is 5. The predicted octanol–water partition coefficient (Wildman–Crippen LogP) is 1.42. The predicted molar refractivity (Wildman–Crippen MR) is 68.3 cm³/mol. The van der Waals surface area contributed by atoms with E-state index in [1.807, 2.05) is 0 Å². The van der Waals surface area contributed by atoms with Crippen LogP contribution in [0.5, 0.6) is 0 Å². The molecule has 0 fully saturated rings. The smallest absolute Gasteiger partial charge is 0.298 e. The molecule has 5 heteroatoms. The molecule has 1 rings (SSSR count). The SMILES string of the molecule is Cc1cc(=O)n(C)c(=O)n1CCCCCBr. The Morgan fingerprint density at radius 3 is 2.56 bits per heavy atom. The average Bonchev–Trinajstić information content (AvgIpc) is 2.25. The van der Waals surface area contributed by atoms with E-state index in [-0.39, 0.29) is 11.2 Å². The van der Waals surface area contributed by atoms with Gasteiger partial charge in [-0.1, -0.05) is 22.4 Å². The van der Waals surface area contributed by atoms with Gasteiger partial charge in [0.05, 0.1) is 0 Å². The highest BCUT2D eigenvalue weighted by Gasteiger charge is 2.04. The third-order valence-corrected chi connectivity index (χ3v) is 3.18. The standard InChI is InChI=1S/C11H17BrN2O2/c1-9-8-10(15)13(2)11(16)14(9)7-5-3-4-6-12/h8H,3-7H2,1-2H3. The average molecular weight is 289 g/mol. The third-order valence-electron chi connectivity index (χ3n) is 2.62. The van der Waals surface area contributed by atoms with Crippen molar-refractivity contribution in [2.45, 2.75) is 32.7 Å². The van der Waals surface area contributed by atoms with Crippen LogP contribution in [0.4, 0.5) is 0 Å². The molecule has 0 atom stereocenters. The minimum absolute atomic E-state index is 0.219. The van der Waals surface area contributed by atoms with E-state index >= 15 is 0 Å². The Bertz CT molecular complexity index is 462. The van der Waals surface area contributed by atoms with E-state index in [2.05, 4.69) is 15.9 Å². The Kier molecular flexibility index (Phi) is 4.99. The van der Waals surface area contributed by atoms with E-state index in [4.69, 9.17) is 0 Å². The fraction of sp³-hybridized carbons (Fsp3) is 0.636. The largest absolute Gasteiger partial charge is 0.330 e. The molecule has 1 aromatic heterocycles. The lowest BCUT2D eigenvalue weighted by Gasteiger charge is -2.10. The number of aryl methyl sites for hydroxylation is 1. The molecule has 0 radical (unpaired) electrons. The maximum atomic E-state index is 11.8. The molecule has 90 valence electrons. The van der Waals surface area contributed by atoms with Gasteiger partial charge in [0.15, 0.2) is 0 Å². The van der Waals surface area contributed by atoms with Crippen LogP contribution >= 0.6 is 15.9 Å². The second-order valence-electron chi connectivity index (χ2n) is 3.87. The lowest BCUT2D eigenvalue weighted by atomic mass is 10.2. The van der Waals surface area contributed by atoms with Crippen molar-refractivity contribution in [1.29, 1.82) is 0 Å². The van der Waals surface area contributed by atoms with Gasteiger partial charge in [-0.3, -0.25) is 13.9 Å². The van der Waals surface area contributed by atoms with E-state index in [1.165, 1.54) is 13.1 Å². The van der Waals surface area contributed by atoms with Crippen molar-refractivity contribution in [2.75, 3.05) is 5.33 Å². The van der Waals surface area contributed by atoms with Crippen molar-refractivity contribution in [3.8, 4) is 0 Å². The monoisotopic (exact) mass is 288 g/mol. The molecule has 16 heavy (non-hydrogen) atoms. The van der Waals surface area contributed by atoms with Gasteiger partial charge in [-0.25, -0.2) is 4.79 Å².